The number of hydrogen-bond acceptors (Lipinski definition) is 6. The van der Waals surface area contributed by atoms with Gasteiger partial charge >= 0.3 is 0 Å². The summed E-state index contributed by atoms with van der Waals surface area (Å²) in [5.74, 6) is -1.01. The van der Waals surface area contributed by atoms with Crippen LogP contribution in [0.3, 0.4) is 0 Å². The van der Waals surface area contributed by atoms with E-state index in [1.807, 2.05) is 11.9 Å². The van der Waals surface area contributed by atoms with Crippen LogP contribution >= 0.6 is 0 Å². The predicted octanol–water partition coefficient (Wildman–Crippen LogP) is 3.58. The molecular formula is C25H30F2N6O. The Kier molecular flexibility index (Phi) is 7.21. The first-order valence-corrected chi connectivity index (χ1v) is 11.5. The number of aryl methyl sites for hydroxylation is 1. The second-order valence-electron chi connectivity index (χ2n) is 9.02. The lowest BCUT2D eigenvalue weighted by atomic mass is 9.98. The van der Waals surface area contributed by atoms with Crippen LogP contribution in [0.4, 0.5) is 20.2 Å². The van der Waals surface area contributed by atoms with Crippen LogP contribution in [0, 0.1) is 12.7 Å². The SMILES string of the molecule is Cc1cc(F)c(C(=O)NC2CC2)cc1C(C=Nc1cncc(NC2CCN(C)CC2F)c1)=CN. The fourth-order valence-corrected chi connectivity index (χ4v) is 4.01. The number of nitrogens with zero attached hydrogens (tertiary/aromatic N) is 3. The average Bonchev–Trinajstić information content (AvgIpc) is 3.61. The normalized spacial score (nSPS) is 21.6. The summed E-state index contributed by atoms with van der Waals surface area (Å²) >= 11 is 0. The Balaban J connectivity index is 1.50. The lowest BCUT2D eigenvalue weighted by Gasteiger charge is -2.33. The van der Waals surface area contributed by atoms with Gasteiger partial charge in [-0.2, -0.15) is 0 Å². The van der Waals surface area contributed by atoms with Gasteiger partial charge in [0.25, 0.3) is 5.91 Å². The molecule has 1 aromatic carbocycles. The van der Waals surface area contributed by atoms with Crippen LogP contribution in [0.1, 0.15) is 40.7 Å². The highest BCUT2D eigenvalue weighted by Crippen LogP contribution is 2.25. The second-order valence-corrected chi connectivity index (χ2v) is 9.02. The van der Waals surface area contributed by atoms with E-state index in [2.05, 4.69) is 20.6 Å². The van der Waals surface area contributed by atoms with Gasteiger partial charge in [-0.1, -0.05) is 0 Å². The maximum absolute atomic E-state index is 14.5. The van der Waals surface area contributed by atoms with E-state index in [4.69, 9.17) is 5.73 Å². The number of nitrogens with one attached hydrogen (secondary N) is 2. The Hall–Kier alpha value is -3.33. The maximum atomic E-state index is 14.5. The number of nitrogens with two attached hydrogens (primary N) is 1. The highest BCUT2D eigenvalue weighted by atomic mass is 19.1. The number of allylic oxidation sites excluding steroid dienone is 1. The van der Waals surface area contributed by atoms with Gasteiger partial charge in [0.15, 0.2) is 0 Å². The number of halogens is 2. The van der Waals surface area contributed by atoms with Gasteiger partial charge in [0.05, 0.1) is 35.4 Å². The third kappa shape index (κ3) is 5.77. The molecule has 4 N–H and O–H groups in total. The maximum Gasteiger partial charge on any atom is 0.254 e. The number of alkyl halides is 1. The molecule has 1 amide bonds. The van der Waals surface area contributed by atoms with E-state index in [0.717, 1.165) is 19.4 Å². The van der Waals surface area contributed by atoms with Crippen molar-refractivity contribution in [3.05, 3.63) is 59.3 Å². The minimum Gasteiger partial charge on any atom is -0.404 e. The molecule has 1 aromatic heterocycles. The molecule has 0 bridgehead atoms. The molecule has 2 aliphatic rings. The summed E-state index contributed by atoms with van der Waals surface area (Å²) in [6.45, 7) is 2.97. The lowest BCUT2D eigenvalue weighted by Crippen LogP contribution is -2.46. The molecule has 1 aliphatic heterocycles. The van der Waals surface area contributed by atoms with Crippen LogP contribution in [-0.4, -0.2) is 60.4 Å². The number of anilines is 1. The third-order valence-electron chi connectivity index (χ3n) is 6.13. The molecule has 2 fully saturated rings. The zero-order valence-electron chi connectivity index (χ0n) is 19.4. The summed E-state index contributed by atoms with van der Waals surface area (Å²) in [6.07, 6.45) is 7.71. The first kappa shape index (κ1) is 23.8. The standard InChI is InChI=1S/C25H30F2N6O/c1-15-7-22(26)21(25(34)32-17-3-4-17)9-20(15)16(10-28)11-30-18-8-19(13-29-12-18)31-24-5-6-33(2)14-23(24)27/h7-13,17,23-24,31H,3-6,14,28H2,1-2H3,(H,32,34). The fraction of sp³-hybridized carbons (Fsp3) is 0.400. The van der Waals surface area contributed by atoms with E-state index in [1.54, 1.807) is 31.6 Å². The van der Waals surface area contributed by atoms with E-state index in [9.17, 15) is 13.6 Å². The topological polar surface area (TPSA) is 95.6 Å². The van der Waals surface area contributed by atoms with Crippen molar-refractivity contribution in [3.63, 3.8) is 0 Å². The molecule has 7 nitrogen and oxygen atoms in total. The van der Waals surface area contributed by atoms with Crippen molar-refractivity contribution >= 4 is 29.1 Å². The molecule has 1 saturated carbocycles. The Labute approximate surface area is 198 Å². The Morgan fingerprint density at radius 1 is 1.24 bits per heavy atom. The van der Waals surface area contributed by atoms with Crippen molar-refractivity contribution in [2.75, 3.05) is 25.5 Å². The Morgan fingerprint density at radius 2 is 2.03 bits per heavy atom. The number of rotatable bonds is 7. The van der Waals surface area contributed by atoms with Gasteiger partial charge in [-0.25, -0.2) is 8.78 Å². The minimum absolute atomic E-state index is 0.0213. The molecular weight excluding hydrogens is 438 g/mol. The van der Waals surface area contributed by atoms with Crippen LogP contribution < -0.4 is 16.4 Å². The van der Waals surface area contributed by atoms with Gasteiger partial charge < -0.3 is 21.3 Å². The molecule has 2 aromatic rings. The average molecular weight is 469 g/mol. The first-order valence-electron chi connectivity index (χ1n) is 11.5. The molecule has 34 heavy (non-hydrogen) atoms. The summed E-state index contributed by atoms with van der Waals surface area (Å²) < 4.78 is 28.8. The Morgan fingerprint density at radius 3 is 2.74 bits per heavy atom. The smallest absolute Gasteiger partial charge is 0.254 e. The zero-order chi connectivity index (χ0) is 24.2. The van der Waals surface area contributed by atoms with E-state index in [1.165, 1.54) is 18.3 Å². The molecule has 0 spiro atoms. The van der Waals surface area contributed by atoms with Crippen molar-refractivity contribution in [1.82, 2.24) is 15.2 Å². The van der Waals surface area contributed by atoms with Gasteiger partial charge in [-0.3, -0.25) is 14.8 Å². The van der Waals surface area contributed by atoms with E-state index in [-0.39, 0.29) is 17.6 Å². The number of benzene rings is 1. The second kappa shape index (κ2) is 10.3. The van der Waals surface area contributed by atoms with Crippen molar-refractivity contribution in [3.8, 4) is 0 Å². The van der Waals surface area contributed by atoms with Crippen LogP contribution in [0.25, 0.3) is 5.57 Å². The number of piperidine rings is 1. The zero-order valence-corrected chi connectivity index (χ0v) is 19.4. The van der Waals surface area contributed by atoms with Crippen molar-refractivity contribution in [1.29, 1.82) is 0 Å². The third-order valence-corrected chi connectivity index (χ3v) is 6.13. The van der Waals surface area contributed by atoms with Gasteiger partial charge in [0.2, 0.25) is 0 Å². The minimum atomic E-state index is -0.967. The molecule has 2 heterocycles. The fourth-order valence-electron chi connectivity index (χ4n) is 4.01. The number of amides is 1. The van der Waals surface area contributed by atoms with Crippen LogP contribution in [0.5, 0.6) is 0 Å². The molecule has 1 aliphatic carbocycles. The summed E-state index contributed by atoms with van der Waals surface area (Å²) in [7, 11) is 1.91. The van der Waals surface area contributed by atoms with Gasteiger partial charge in [-0.05, 0) is 62.6 Å². The van der Waals surface area contributed by atoms with Gasteiger partial charge in [0, 0.05) is 37.1 Å². The molecule has 0 radical (unpaired) electrons. The summed E-state index contributed by atoms with van der Waals surface area (Å²) in [4.78, 5) is 23.1. The molecule has 180 valence electrons. The number of aliphatic imine (C=N–C) groups is 1. The van der Waals surface area contributed by atoms with Crippen molar-refractivity contribution in [2.45, 2.75) is 44.4 Å². The summed E-state index contributed by atoms with van der Waals surface area (Å²) in [5, 5.41) is 6.03. The number of likely N-dealkylation sites (tertiary alicyclic amines) is 1. The van der Waals surface area contributed by atoms with E-state index in [0.29, 0.717) is 41.0 Å². The number of carbonyl (C=O) groups is 1. The molecule has 4 rings (SSSR count). The number of carbonyl (C=O) groups excluding carboxylic acids is 1. The van der Waals surface area contributed by atoms with Gasteiger partial charge in [-0.15, -0.1) is 0 Å². The molecule has 9 heteroatoms. The van der Waals surface area contributed by atoms with Crippen LogP contribution in [0.15, 0.2) is 41.8 Å². The van der Waals surface area contributed by atoms with Crippen molar-refractivity contribution < 1.29 is 13.6 Å². The molecule has 1 saturated heterocycles. The molecule has 2 atom stereocenters. The number of aromatic nitrogens is 1. The highest BCUT2D eigenvalue weighted by Gasteiger charge is 2.27. The van der Waals surface area contributed by atoms with Crippen LogP contribution in [0.2, 0.25) is 0 Å². The van der Waals surface area contributed by atoms with E-state index < -0.39 is 17.9 Å². The van der Waals surface area contributed by atoms with E-state index >= 15 is 0 Å². The largest absolute Gasteiger partial charge is 0.404 e. The quantitative estimate of drug-likeness (QED) is 0.540. The van der Waals surface area contributed by atoms with Crippen molar-refractivity contribution in [2.24, 2.45) is 10.7 Å². The highest BCUT2D eigenvalue weighted by molar-refractivity contribution is 6.11. The van der Waals surface area contributed by atoms with Gasteiger partial charge in [0.1, 0.15) is 12.0 Å². The first-order chi connectivity index (χ1) is 16.3. The monoisotopic (exact) mass is 468 g/mol. The Bertz CT molecular complexity index is 1110. The lowest BCUT2D eigenvalue weighted by molar-refractivity contribution is 0.0947. The number of hydrogen-bond donors (Lipinski definition) is 3. The molecule has 2 unspecified atom stereocenters. The summed E-state index contributed by atoms with van der Waals surface area (Å²) in [6, 6.07) is 4.46. The van der Waals surface area contributed by atoms with Crippen LogP contribution in [-0.2, 0) is 0 Å². The summed E-state index contributed by atoms with van der Waals surface area (Å²) in [5.41, 5.74) is 8.85. The predicted molar refractivity (Wildman–Crippen MR) is 131 cm³/mol. The number of pyridine rings is 1.